The second kappa shape index (κ2) is 6.86. The molecule has 0 radical (unpaired) electrons. The van der Waals surface area contributed by atoms with Crippen LogP contribution < -0.4 is 10.9 Å². The lowest BCUT2D eigenvalue weighted by atomic mass is 10.1. The van der Waals surface area contributed by atoms with Crippen LogP contribution in [-0.4, -0.2) is 21.2 Å². The standard InChI is InChI=1S/C18H31NO2Si/c1-11(2)22(12(3)4,13(5)6)15-10-9-14(7)16(17(15)19)18(20)21-8/h9-13H,19H2,1-8H3/i9+1. The zero-order valence-corrected chi connectivity index (χ0v) is 16.3. The molecule has 2 N–H and O–H groups in total. The number of hydrogen-bond donors (Lipinski definition) is 1. The van der Waals surface area contributed by atoms with E-state index in [4.69, 9.17) is 10.5 Å². The summed E-state index contributed by atoms with van der Waals surface area (Å²) in [6, 6.07) is 4.18. The number of carbonyl (C=O) groups is 1. The minimum absolute atomic E-state index is 0.337. The Morgan fingerprint density at radius 2 is 1.50 bits per heavy atom. The summed E-state index contributed by atoms with van der Waals surface area (Å²) in [4.78, 5) is 12.2. The van der Waals surface area contributed by atoms with Crippen LogP contribution in [0.2, 0.25) is 16.6 Å². The molecule has 0 aromatic heterocycles. The average molecular weight is 323 g/mol. The van der Waals surface area contributed by atoms with E-state index in [-0.39, 0.29) is 5.97 Å². The molecule has 0 saturated heterocycles. The third-order valence-corrected chi connectivity index (χ3v) is 12.3. The van der Waals surface area contributed by atoms with Crippen LogP contribution in [0.1, 0.15) is 57.5 Å². The third kappa shape index (κ3) is 2.81. The Hall–Kier alpha value is -1.29. The van der Waals surface area contributed by atoms with Gasteiger partial charge in [-0.1, -0.05) is 53.7 Å². The number of benzene rings is 1. The zero-order valence-electron chi connectivity index (χ0n) is 15.3. The Balaban J connectivity index is 3.75. The molecule has 1 aromatic carbocycles. The summed E-state index contributed by atoms with van der Waals surface area (Å²) in [6.45, 7) is 15.7. The number of hydrogen-bond acceptors (Lipinski definition) is 3. The van der Waals surface area contributed by atoms with Gasteiger partial charge in [0.2, 0.25) is 0 Å². The van der Waals surface area contributed by atoms with Crippen molar-refractivity contribution in [2.24, 2.45) is 0 Å². The maximum absolute atomic E-state index is 12.2. The molecule has 124 valence electrons. The quantitative estimate of drug-likeness (QED) is 0.501. The molecular weight excluding hydrogens is 291 g/mol. The van der Waals surface area contributed by atoms with E-state index in [0.717, 1.165) is 5.56 Å². The highest BCUT2D eigenvalue weighted by Crippen LogP contribution is 2.42. The predicted octanol–water partition coefficient (Wildman–Crippen LogP) is 4.25. The maximum Gasteiger partial charge on any atom is 0.340 e. The largest absolute Gasteiger partial charge is 0.465 e. The van der Waals surface area contributed by atoms with E-state index in [9.17, 15) is 4.79 Å². The van der Waals surface area contributed by atoms with Gasteiger partial charge in [0.15, 0.2) is 0 Å². The molecule has 0 saturated carbocycles. The van der Waals surface area contributed by atoms with Gasteiger partial charge in [-0.05, 0) is 34.3 Å². The van der Waals surface area contributed by atoms with Crippen molar-refractivity contribution in [3.8, 4) is 0 Å². The molecule has 0 bridgehead atoms. The molecule has 0 atom stereocenters. The second-order valence-corrected chi connectivity index (χ2v) is 13.0. The lowest BCUT2D eigenvalue weighted by molar-refractivity contribution is 0.0601. The van der Waals surface area contributed by atoms with Crippen molar-refractivity contribution in [2.45, 2.75) is 65.1 Å². The summed E-state index contributed by atoms with van der Waals surface area (Å²) < 4.78 is 4.94. The average Bonchev–Trinajstić information content (AvgIpc) is 2.40. The molecule has 1 rings (SSSR count). The topological polar surface area (TPSA) is 52.3 Å². The first-order valence-corrected chi connectivity index (χ1v) is 10.3. The highest BCUT2D eigenvalue weighted by Gasteiger charge is 2.46. The minimum atomic E-state index is -1.89. The van der Waals surface area contributed by atoms with Gasteiger partial charge in [0.05, 0.1) is 20.7 Å². The fraction of sp³-hybridized carbons (Fsp3) is 0.611. The van der Waals surface area contributed by atoms with Gasteiger partial charge in [-0.15, -0.1) is 0 Å². The molecule has 0 aliphatic heterocycles. The van der Waals surface area contributed by atoms with Gasteiger partial charge in [0, 0.05) is 5.69 Å². The highest BCUT2D eigenvalue weighted by atomic mass is 28.3. The number of methoxy groups -OCH3 is 1. The highest BCUT2D eigenvalue weighted by molar-refractivity contribution is 6.96. The molecule has 4 heteroatoms. The number of carbonyl (C=O) groups excluding carboxylic acids is 1. The fourth-order valence-corrected chi connectivity index (χ4v) is 11.2. The summed E-state index contributed by atoms with van der Waals surface area (Å²) in [5, 5.41) is 1.21. The van der Waals surface area contributed by atoms with Crippen molar-refractivity contribution in [3.05, 3.63) is 23.3 Å². The van der Waals surface area contributed by atoms with Crippen LogP contribution in [0.4, 0.5) is 5.69 Å². The van der Waals surface area contributed by atoms with E-state index in [1.54, 1.807) is 0 Å². The van der Waals surface area contributed by atoms with Crippen molar-refractivity contribution in [1.82, 2.24) is 0 Å². The number of nitrogen functional groups attached to an aromatic ring is 1. The lowest BCUT2D eigenvalue weighted by Gasteiger charge is -2.44. The van der Waals surface area contributed by atoms with Crippen LogP contribution in [0.3, 0.4) is 0 Å². The normalized spacial score (nSPS) is 12.3. The van der Waals surface area contributed by atoms with Crippen molar-refractivity contribution >= 4 is 24.9 Å². The van der Waals surface area contributed by atoms with E-state index in [2.05, 4.69) is 47.6 Å². The Morgan fingerprint density at radius 3 is 1.86 bits per heavy atom. The van der Waals surface area contributed by atoms with Crippen LogP contribution in [0, 0.1) is 6.92 Å². The molecule has 22 heavy (non-hydrogen) atoms. The van der Waals surface area contributed by atoms with Crippen LogP contribution in [0.15, 0.2) is 12.1 Å². The smallest absolute Gasteiger partial charge is 0.340 e. The zero-order chi connectivity index (χ0) is 17.2. The molecule has 0 fully saturated rings. The molecule has 1 aromatic rings. The summed E-state index contributed by atoms with van der Waals surface area (Å²) in [7, 11) is -0.485. The molecular formula is C18H31NO2Si. The number of rotatable bonds is 5. The molecule has 0 amide bonds. The summed E-state index contributed by atoms with van der Waals surface area (Å²) in [5.41, 5.74) is 10.2. The lowest BCUT2D eigenvalue weighted by Crippen LogP contribution is -2.56. The van der Waals surface area contributed by atoms with E-state index < -0.39 is 8.07 Å². The maximum atomic E-state index is 12.2. The molecule has 0 spiro atoms. The van der Waals surface area contributed by atoms with Crippen LogP contribution in [0.25, 0.3) is 0 Å². The minimum Gasteiger partial charge on any atom is -0.465 e. The van der Waals surface area contributed by atoms with Crippen molar-refractivity contribution in [1.29, 1.82) is 0 Å². The number of anilines is 1. The van der Waals surface area contributed by atoms with Gasteiger partial charge >= 0.3 is 5.97 Å². The molecule has 0 aliphatic rings. The third-order valence-electron chi connectivity index (χ3n) is 5.18. The fourth-order valence-electron chi connectivity index (χ4n) is 4.41. The Bertz CT molecular complexity index is 528. The summed E-state index contributed by atoms with van der Waals surface area (Å²) in [5.74, 6) is -0.337. The molecule has 3 nitrogen and oxygen atoms in total. The number of esters is 1. The number of nitrogens with two attached hydrogens (primary N) is 1. The van der Waals surface area contributed by atoms with Gasteiger partial charge in [-0.2, -0.15) is 0 Å². The molecule has 0 unspecified atom stereocenters. The van der Waals surface area contributed by atoms with Gasteiger partial charge in [-0.3, -0.25) is 0 Å². The van der Waals surface area contributed by atoms with Crippen molar-refractivity contribution in [3.63, 3.8) is 0 Å². The summed E-state index contributed by atoms with van der Waals surface area (Å²) in [6.07, 6.45) is 0. The van der Waals surface area contributed by atoms with Crippen LogP contribution in [-0.2, 0) is 4.74 Å². The van der Waals surface area contributed by atoms with E-state index >= 15 is 0 Å². The monoisotopic (exact) mass is 322 g/mol. The van der Waals surface area contributed by atoms with Gasteiger partial charge in [-0.25, -0.2) is 4.79 Å². The molecule has 0 heterocycles. The van der Waals surface area contributed by atoms with E-state index in [1.807, 2.05) is 13.0 Å². The Morgan fingerprint density at radius 1 is 1.05 bits per heavy atom. The first-order chi connectivity index (χ1) is 10.1. The van der Waals surface area contributed by atoms with Gasteiger partial charge in [0.1, 0.15) is 0 Å². The van der Waals surface area contributed by atoms with Crippen LogP contribution >= 0.6 is 0 Å². The number of aryl methyl sites for hydroxylation is 1. The Kier molecular flexibility index (Phi) is 5.85. The first-order valence-electron chi connectivity index (χ1n) is 8.10. The second-order valence-electron chi connectivity index (χ2n) is 7.11. The van der Waals surface area contributed by atoms with E-state index in [1.165, 1.54) is 12.3 Å². The SMILES string of the molecule is COC(=O)c1c(C)[13cH]cc([Si](C(C)C)(C(C)C)C(C)C)c1N. The Labute approximate surface area is 136 Å². The number of ether oxygens (including phenoxy) is 1. The van der Waals surface area contributed by atoms with Gasteiger partial charge < -0.3 is 10.5 Å². The van der Waals surface area contributed by atoms with Gasteiger partial charge in [0.25, 0.3) is 0 Å². The van der Waals surface area contributed by atoms with E-state index in [0.29, 0.717) is 27.9 Å². The van der Waals surface area contributed by atoms with Crippen molar-refractivity contribution in [2.75, 3.05) is 12.8 Å². The summed E-state index contributed by atoms with van der Waals surface area (Å²) >= 11 is 0. The predicted molar refractivity (Wildman–Crippen MR) is 97.6 cm³/mol. The van der Waals surface area contributed by atoms with Crippen LogP contribution in [0.5, 0.6) is 0 Å². The molecule has 0 aliphatic carbocycles. The first kappa shape index (κ1) is 18.8. The van der Waals surface area contributed by atoms with Crippen molar-refractivity contribution < 1.29 is 9.53 Å².